The second-order valence-electron chi connectivity index (χ2n) is 6.15. The van der Waals surface area contributed by atoms with E-state index in [1.807, 2.05) is 48.5 Å². The molecule has 26 heavy (non-hydrogen) atoms. The van der Waals surface area contributed by atoms with E-state index in [2.05, 4.69) is 30.3 Å². The number of methoxy groups -OCH3 is 1. The Balaban J connectivity index is 1.55. The summed E-state index contributed by atoms with van der Waals surface area (Å²) in [5.74, 6) is 0.823. The van der Waals surface area contributed by atoms with Crippen LogP contribution in [0.25, 0.3) is 0 Å². The molecule has 0 saturated carbocycles. The van der Waals surface area contributed by atoms with Gasteiger partial charge in [-0.05, 0) is 34.4 Å². The van der Waals surface area contributed by atoms with Gasteiger partial charge < -0.3 is 14.2 Å². The quantitative estimate of drug-likeness (QED) is 0.536. The summed E-state index contributed by atoms with van der Waals surface area (Å²) in [5.41, 5.74) is 4.50. The van der Waals surface area contributed by atoms with E-state index in [1.54, 1.807) is 7.11 Å². The van der Waals surface area contributed by atoms with Crippen molar-refractivity contribution < 1.29 is 14.2 Å². The molecule has 0 aliphatic carbocycles. The maximum atomic E-state index is 5.84. The van der Waals surface area contributed by atoms with Gasteiger partial charge in [-0.2, -0.15) is 0 Å². The summed E-state index contributed by atoms with van der Waals surface area (Å²) in [4.78, 5) is 0. The minimum Gasteiger partial charge on any atom is -0.497 e. The maximum absolute atomic E-state index is 5.84. The lowest BCUT2D eigenvalue weighted by molar-refractivity contribution is 0.103. The Kier molecular flexibility index (Phi) is 6.82. The predicted octanol–water partition coefficient (Wildman–Crippen LogP) is 5.13. The minimum atomic E-state index is 0.539. The van der Waals surface area contributed by atoms with Gasteiger partial charge in [-0.1, -0.05) is 66.7 Å². The lowest BCUT2D eigenvalue weighted by Gasteiger charge is -2.11. The van der Waals surface area contributed by atoms with Crippen LogP contribution >= 0.6 is 0 Å². The first-order valence-corrected chi connectivity index (χ1v) is 8.73. The monoisotopic (exact) mass is 348 g/mol. The van der Waals surface area contributed by atoms with Crippen molar-refractivity contribution in [3.8, 4) is 5.75 Å². The molecule has 0 amide bonds. The van der Waals surface area contributed by atoms with Crippen molar-refractivity contribution in [1.82, 2.24) is 0 Å². The molecule has 0 radical (unpaired) electrons. The molecule has 3 aromatic rings. The molecule has 3 nitrogen and oxygen atoms in total. The third kappa shape index (κ3) is 5.73. The van der Waals surface area contributed by atoms with Gasteiger partial charge >= 0.3 is 0 Å². The van der Waals surface area contributed by atoms with Crippen LogP contribution in [0.2, 0.25) is 0 Å². The van der Waals surface area contributed by atoms with E-state index in [1.165, 1.54) is 11.1 Å². The van der Waals surface area contributed by atoms with Crippen molar-refractivity contribution >= 4 is 0 Å². The zero-order chi connectivity index (χ0) is 18.0. The zero-order valence-electron chi connectivity index (χ0n) is 15.1. The fourth-order valence-corrected chi connectivity index (χ4v) is 2.74. The summed E-state index contributed by atoms with van der Waals surface area (Å²) >= 11 is 0. The van der Waals surface area contributed by atoms with Gasteiger partial charge in [0.05, 0.1) is 33.5 Å². The van der Waals surface area contributed by atoms with Crippen LogP contribution < -0.4 is 4.74 Å². The highest BCUT2D eigenvalue weighted by Gasteiger charge is 2.04. The topological polar surface area (TPSA) is 27.7 Å². The lowest BCUT2D eigenvalue weighted by Crippen LogP contribution is -1.99. The van der Waals surface area contributed by atoms with Crippen LogP contribution in [-0.2, 0) is 35.9 Å². The third-order valence-electron chi connectivity index (χ3n) is 4.02. The number of hydrogen-bond acceptors (Lipinski definition) is 3. The first kappa shape index (κ1) is 18.2. The molecule has 0 spiro atoms. The maximum Gasteiger partial charge on any atom is 0.119 e. The summed E-state index contributed by atoms with van der Waals surface area (Å²) in [6, 6.07) is 26.5. The number of benzene rings is 3. The predicted molar refractivity (Wildman–Crippen MR) is 103 cm³/mol. The molecule has 134 valence electrons. The van der Waals surface area contributed by atoms with Crippen LogP contribution in [0.15, 0.2) is 78.9 Å². The molecule has 0 bridgehead atoms. The average molecular weight is 348 g/mol. The number of rotatable bonds is 9. The molecule has 0 fully saturated rings. The highest BCUT2D eigenvalue weighted by Crippen LogP contribution is 2.19. The molecular weight excluding hydrogens is 324 g/mol. The molecule has 0 heterocycles. The Morgan fingerprint density at radius 2 is 0.962 bits per heavy atom. The SMILES string of the molecule is COc1cc(COCc2ccccc2)cc(COCc2ccccc2)c1. The number of hydrogen-bond donors (Lipinski definition) is 0. The van der Waals surface area contributed by atoms with Gasteiger partial charge in [0.15, 0.2) is 0 Å². The third-order valence-corrected chi connectivity index (χ3v) is 4.02. The fraction of sp³-hybridized carbons (Fsp3) is 0.217. The van der Waals surface area contributed by atoms with Crippen LogP contribution in [0.3, 0.4) is 0 Å². The van der Waals surface area contributed by atoms with Crippen molar-refractivity contribution in [3.63, 3.8) is 0 Å². The van der Waals surface area contributed by atoms with Crippen LogP contribution in [0.5, 0.6) is 5.75 Å². The van der Waals surface area contributed by atoms with E-state index < -0.39 is 0 Å². The summed E-state index contributed by atoms with van der Waals surface area (Å²) in [6.45, 7) is 2.27. The Morgan fingerprint density at radius 3 is 1.38 bits per heavy atom. The largest absolute Gasteiger partial charge is 0.497 e. The van der Waals surface area contributed by atoms with Crippen molar-refractivity contribution in [2.45, 2.75) is 26.4 Å². The lowest BCUT2D eigenvalue weighted by atomic mass is 10.1. The van der Waals surface area contributed by atoms with E-state index in [0.717, 1.165) is 16.9 Å². The van der Waals surface area contributed by atoms with Gasteiger partial charge in [0.2, 0.25) is 0 Å². The van der Waals surface area contributed by atoms with E-state index in [9.17, 15) is 0 Å². The van der Waals surface area contributed by atoms with E-state index in [-0.39, 0.29) is 0 Å². The summed E-state index contributed by atoms with van der Waals surface area (Å²) < 4.78 is 17.1. The molecule has 0 aliphatic heterocycles. The molecule has 0 unspecified atom stereocenters. The molecule has 0 saturated heterocycles. The molecule has 0 N–H and O–H groups in total. The van der Waals surface area contributed by atoms with Crippen molar-refractivity contribution in [2.75, 3.05) is 7.11 Å². The molecular formula is C23H24O3. The Labute approximate surface area is 155 Å². The molecule has 0 aliphatic rings. The molecule has 0 atom stereocenters. The Morgan fingerprint density at radius 1 is 0.538 bits per heavy atom. The highest BCUT2D eigenvalue weighted by molar-refractivity contribution is 5.34. The van der Waals surface area contributed by atoms with Gasteiger partial charge in [0.25, 0.3) is 0 Å². The Hall–Kier alpha value is -2.62. The van der Waals surface area contributed by atoms with E-state index in [4.69, 9.17) is 14.2 Å². The normalized spacial score (nSPS) is 10.7. The van der Waals surface area contributed by atoms with E-state index >= 15 is 0 Å². The summed E-state index contributed by atoms with van der Waals surface area (Å²) in [7, 11) is 1.68. The smallest absolute Gasteiger partial charge is 0.119 e. The van der Waals surface area contributed by atoms with Gasteiger partial charge in [-0.25, -0.2) is 0 Å². The first-order chi connectivity index (χ1) is 12.8. The summed E-state index contributed by atoms with van der Waals surface area (Å²) in [5, 5.41) is 0. The van der Waals surface area contributed by atoms with Gasteiger partial charge in [-0.3, -0.25) is 0 Å². The standard InChI is InChI=1S/C23H24O3/c1-24-23-13-21(17-25-15-19-8-4-2-5-9-19)12-22(14-23)18-26-16-20-10-6-3-7-11-20/h2-14H,15-18H2,1H3. The van der Waals surface area contributed by atoms with Crippen LogP contribution in [0, 0.1) is 0 Å². The average Bonchev–Trinajstić information content (AvgIpc) is 2.69. The first-order valence-electron chi connectivity index (χ1n) is 8.73. The number of ether oxygens (including phenoxy) is 3. The second kappa shape index (κ2) is 9.76. The van der Waals surface area contributed by atoms with Gasteiger partial charge in [-0.15, -0.1) is 0 Å². The second-order valence-corrected chi connectivity index (χ2v) is 6.15. The highest BCUT2D eigenvalue weighted by atomic mass is 16.5. The zero-order valence-corrected chi connectivity index (χ0v) is 15.1. The molecule has 3 rings (SSSR count). The minimum absolute atomic E-state index is 0.539. The van der Waals surface area contributed by atoms with E-state index in [0.29, 0.717) is 26.4 Å². The van der Waals surface area contributed by atoms with Crippen LogP contribution in [-0.4, -0.2) is 7.11 Å². The van der Waals surface area contributed by atoms with Crippen molar-refractivity contribution in [1.29, 1.82) is 0 Å². The van der Waals surface area contributed by atoms with Crippen LogP contribution in [0.4, 0.5) is 0 Å². The molecule has 0 aromatic heterocycles. The van der Waals surface area contributed by atoms with Gasteiger partial charge in [0, 0.05) is 0 Å². The van der Waals surface area contributed by atoms with Crippen LogP contribution in [0.1, 0.15) is 22.3 Å². The van der Waals surface area contributed by atoms with Crippen molar-refractivity contribution in [2.24, 2.45) is 0 Å². The van der Waals surface area contributed by atoms with Crippen molar-refractivity contribution in [3.05, 3.63) is 101 Å². The molecule has 3 aromatic carbocycles. The van der Waals surface area contributed by atoms with Gasteiger partial charge in [0.1, 0.15) is 5.75 Å². The fourth-order valence-electron chi connectivity index (χ4n) is 2.74. The Bertz CT molecular complexity index is 721. The molecule has 3 heteroatoms. The summed E-state index contributed by atoms with van der Waals surface area (Å²) in [6.07, 6.45) is 0.